The Morgan fingerprint density at radius 2 is 1.69 bits per heavy atom. The summed E-state index contributed by atoms with van der Waals surface area (Å²) in [6.07, 6.45) is 2.53. The molecule has 174 valence electrons. The van der Waals surface area contributed by atoms with Gasteiger partial charge in [0.25, 0.3) is 5.97 Å². The van der Waals surface area contributed by atoms with Crippen LogP contribution in [0.3, 0.4) is 0 Å². The van der Waals surface area contributed by atoms with Gasteiger partial charge in [-0.25, -0.2) is 0 Å². The Kier molecular flexibility index (Phi) is 9.47. The summed E-state index contributed by atoms with van der Waals surface area (Å²) in [5.74, 6) is -0.644. The van der Waals surface area contributed by atoms with Gasteiger partial charge in [0.15, 0.2) is 0 Å². The second kappa shape index (κ2) is 12.1. The number of nitrogens with one attached hydrogen (secondary N) is 1. The fourth-order valence-electron chi connectivity index (χ4n) is 4.22. The predicted octanol–water partition coefficient (Wildman–Crippen LogP) is 1.29. The summed E-state index contributed by atoms with van der Waals surface area (Å²) in [4.78, 5) is 39.3. The normalized spacial score (nSPS) is 20.7. The molecule has 2 heterocycles. The van der Waals surface area contributed by atoms with Gasteiger partial charge < -0.3 is 20.2 Å². The van der Waals surface area contributed by atoms with E-state index in [2.05, 4.69) is 21.2 Å². The molecule has 2 fully saturated rings. The Morgan fingerprint density at radius 1 is 1.09 bits per heavy atom. The highest BCUT2D eigenvalue weighted by molar-refractivity contribution is 5.77. The van der Waals surface area contributed by atoms with E-state index < -0.39 is 5.97 Å². The molecule has 0 unspecified atom stereocenters. The quantitative estimate of drug-likeness (QED) is 0.704. The van der Waals surface area contributed by atoms with Crippen molar-refractivity contribution in [3.8, 4) is 6.07 Å². The molecule has 9 heteroatoms. The molecule has 2 N–H and O–H groups in total. The summed E-state index contributed by atoms with van der Waals surface area (Å²) in [6, 6.07) is 10.4. The van der Waals surface area contributed by atoms with Gasteiger partial charge >= 0.3 is 0 Å². The number of piperazine rings is 1. The first-order chi connectivity index (χ1) is 15.2. The van der Waals surface area contributed by atoms with E-state index in [1.165, 1.54) is 6.92 Å². The molecule has 2 amide bonds. The first kappa shape index (κ1) is 25.1. The number of aliphatic carboxylic acids is 1. The lowest BCUT2D eigenvalue weighted by atomic mass is 10.1. The smallest absolute Gasteiger partial charge is 0.300 e. The maximum absolute atomic E-state index is 12.8. The Balaban J connectivity index is 0.000000837. The Morgan fingerprint density at radius 3 is 2.28 bits per heavy atom. The number of amides is 2. The number of para-hydroxylation sites is 1. The number of hydrogen-bond donors (Lipinski definition) is 2. The van der Waals surface area contributed by atoms with Crippen LogP contribution in [-0.4, -0.2) is 84.5 Å². The van der Waals surface area contributed by atoms with Gasteiger partial charge in [0, 0.05) is 65.1 Å². The molecular formula is C23H33N5O4. The average Bonchev–Trinajstić information content (AvgIpc) is 3.11. The van der Waals surface area contributed by atoms with Crippen LogP contribution in [0.15, 0.2) is 24.3 Å². The van der Waals surface area contributed by atoms with Crippen molar-refractivity contribution < 1.29 is 19.5 Å². The minimum atomic E-state index is -0.833. The van der Waals surface area contributed by atoms with E-state index in [1.54, 1.807) is 0 Å². The van der Waals surface area contributed by atoms with Crippen molar-refractivity contribution in [1.82, 2.24) is 15.1 Å². The lowest BCUT2D eigenvalue weighted by Gasteiger charge is -2.37. The van der Waals surface area contributed by atoms with E-state index in [9.17, 15) is 14.9 Å². The van der Waals surface area contributed by atoms with Gasteiger partial charge in [-0.05, 0) is 32.0 Å². The Labute approximate surface area is 189 Å². The van der Waals surface area contributed by atoms with Crippen molar-refractivity contribution in [1.29, 1.82) is 5.26 Å². The second-order valence-corrected chi connectivity index (χ2v) is 8.21. The number of likely N-dealkylation sites (tertiary alicyclic amines) is 1. The maximum atomic E-state index is 12.8. The standard InChI is InChI=1S/C21H29N5O2.C2H4O2/c1-16(27)23-15-19-8-7-18(24(19)2)13-21(28)26-11-9-25(10-12-26)20-6-4-3-5-17(20)14-22;1-2(3)4/h3-6,18-19H,7-13,15H2,1-2H3,(H,23,27);1H3,(H,3,4)/t18-,19+;/m0./s1. The lowest BCUT2D eigenvalue weighted by Crippen LogP contribution is -2.50. The molecule has 9 nitrogen and oxygen atoms in total. The molecule has 2 saturated heterocycles. The molecule has 2 aliphatic heterocycles. The van der Waals surface area contributed by atoms with Crippen LogP contribution in [0.2, 0.25) is 0 Å². The van der Waals surface area contributed by atoms with Gasteiger partial charge in [-0.1, -0.05) is 12.1 Å². The van der Waals surface area contributed by atoms with Gasteiger partial charge in [-0.15, -0.1) is 0 Å². The van der Waals surface area contributed by atoms with E-state index in [0.29, 0.717) is 37.7 Å². The van der Waals surface area contributed by atoms with E-state index in [0.717, 1.165) is 38.5 Å². The third-order valence-electron chi connectivity index (χ3n) is 5.98. The van der Waals surface area contributed by atoms with Crippen molar-refractivity contribution in [2.75, 3.05) is 44.7 Å². The van der Waals surface area contributed by atoms with Crippen LogP contribution < -0.4 is 10.2 Å². The molecule has 32 heavy (non-hydrogen) atoms. The molecule has 2 aliphatic rings. The minimum absolute atomic E-state index is 0.0104. The second-order valence-electron chi connectivity index (χ2n) is 8.21. The maximum Gasteiger partial charge on any atom is 0.300 e. The first-order valence-electron chi connectivity index (χ1n) is 10.9. The molecule has 0 aliphatic carbocycles. The summed E-state index contributed by atoms with van der Waals surface area (Å²) in [7, 11) is 2.05. The zero-order valence-electron chi connectivity index (χ0n) is 19.1. The number of carboxylic acids is 1. The Bertz CT molecular complexity index is 841. The number of likely N-dealkylation sites (N-methyl/N-ethyl adjacent to an activating group) is 1. The van der Waals surface area contributed by atoms with E-state index >= 15 is 0 Å². The van der Waals surface area contributed by atoms with Crippen molar-refractivity contribution >= 4 is 23.5 Å². The third-order valence-corrected chi connectivity index (χ3v) is 5.98. The molecule has 2 atom stereocenters. The van der Waals surface area contributed by atoms with Crippen molar-refractivity contribution in [3.05, 3.63) is 29.8 Å². The topological polar surface area (TPSA) is 117 Å². The SMILES string of the molecule is CC(=O)NC[C@H]1CC[C@@H](CC(=O)N2CCN(c3ccccc3C#N)CC2)N1C.CC(=O)O. The average molecular weight is 444 g/mol. The molecule has 1 aromatic rings. The van der Waals surface area contributed by atoms with Gasteiger partial charge in [-0.3, -0.25) is 19.3 Å². The zero-order valence-corrected chi connectivity index (χ0v) is 19.1. The summed E-state index contributed by atoms with van der Waals surface area (Å²) >= 11 is 0. The van der Waals surface area contributed by atoms with Crippen LogP contribution in [0, 0.1) is 11.3 Å². The van der Waals surface area contributed by atoms with Gasteiger partial charge in [-0.2, -0.15) is 5.26 Å². The number of carboxylic acid groups (broad SMARTS) is 1. The van der Waals surface area contributed by atoms with Crippen LogP contribution >= 0.6 is 0 Å². The number of anilines is 1. The number of benzene rings is 1. The van der Waals surface area contributed by atoms with Gasteiger partial charge in [0.2, 0.25) is 11.8 Å². The van der Waals surface area contributed by atoms with Crippen LogP contribution in [0.25, 0.3) is 0 Å². The van der Waals surface area contributed by atoms with Crippen LogP contribution in [0.1, 0.15) is 38.7 Å². The van der Waals surface area contributed by atoms with Crippen molar-refractivity contribution in [3.63, 3.8) is 0 Å². The highest BCUT2D eigenvalue weighted by atomic mass is 16.4. The summed E-state index contributed by atoms with van der Waals surface area (Å²) in [6.45, 7) is 6.12. The fraction of sp³-hybridized carbons (Fsp3) is 0.565. The van der Waals surface area contributed by atoms with Crippen molar-refractivity contribution in [2.45, 2.75) is 45.2 Å². The summed E-state index contributed by atoms with van der Waals surface area (Å²) in [5.41, 5.74) is 1.63. The number of nitrogens with zero attached hydrogens (tertiary/aromatic N) is 4. The summed E-state index contributed by atoms with van der Waals surface area (Å²) in [5, 5.41) is 19.6. The zero-order chi connectivity index (χ0) is 23.7. The molecule has 3 rings (SSSR count). The molecule has 0 radical (unpaired) electrons. The van der Waals surface area contributed by atoms with Crippen molar-refractivity contribution in [2.24, 2.45) is 0 Å². The third kappa shape index (κ3) is 7.24. The first-order valence-corrected chi connectivity index (χ1v) is 10.9. The summed E-state index contributed by atoms with van der Waals surface area (Å²) < 4.78 is 0. The van der Waals surface area contributed by atoms with Crippen LogP contribution in [0.5, 0.6) is 0 Å². The number of nitriles is 1. The molecule has 0 aromatic heterocycles. The molecule has 1 aromatic carbocycles. The van der Waals surface area contributed by atoms with Gasteiger partial charge in [0.1, 0.15) is 6.07 Å². The fourth-order valence-corrected chi connectivity index (χ4v) is 4.22. The van der Waals surface area contributed by atoms with Crippen LogP contribution in [0.4, 0.5) is 5.69 Å². The van der Waals surface area contributed by atoms with E-state index in [-0.39, 0.29) is 17.9 Å². The van der Waals surface area contributed by atoms with E-state index in [1.807, 2.05) is 36.2 Å². The lowest BCUT2D eigenvalue weighted by molar-refractivity contribution is -0.134. The highest BCUT2D eigenvalue weighted by Gasteiger charge is 2.33. The predicted molar refractivity (Wildman–Crippen MR) is 121 cm³/mol. The molecule has 0 saturated carbocycles. The van der Waals surface area contributed by atoms with Gasteiger partial charge in [0.05, 0.1) is 11.3 Å². The number of carbonyl (C=O) groups is 3. The number of carbonyl (C=O) groups excluding carboxylic acids is 2. The highest BCUT2D eigenvalue weighted by Crippen LogP contribution is 2.26. The largest absolute Gasteiger partial charge is 0.481 e. The Hall–Kier alpha value is -3.12. The number of hydrogen-bond acceptors (Lipinski definition) is 6. The molecule has 0 bridgehead atoms. The molecule has 0 spiro atoms. The minimum Gasteiger partial charge on any atom is -0.481 e. The monoisotopic (exact) mass is 443 g/mol. The number of rotatable bonds is 5. The van der Waals surface area contributed by atoms with E-state index in [4.69, 9.17) is 9.90 Å². The van der Waals surface area contributed by atoms with Crippen LogP contribution in [-0.2, 0) is 14.4 Å². The molecular weight excluding hydrogens is 410 g/mol.